The Morgan fingerprint density at radius 3 is 2.07 bits per heavy atom. The Kier molecular flexibility index (Phi) is 6.86. The molecule has 0 saturated carbocycles. The second-order valence-electron chi connectivity index (χ2n) is 7.09. The van der Waals surface area contributed by atoms with Crippen LogP contribution in [0.3, 0.4) is 0 Å². The van der Waals surface area contributed by atoms with Crippen LogP contribution in [-0.4, -0.2) is 17.9 Å². The molecule has 0 saturated heterocycles. The molecule has 5 heteroatoms. The number of aryl methyl sites for hydroxylation is 2. The van der Waals surface area contributed by atoms with E-state index in [2.05, 4.69) is 17.6 Å². The molecule has 0 aliphatic heterocycles. The van der Waals surface area contributed by atoms with Gasteiger partial charge < -0.3 is 15.4 Å². The number of hydrogen-bond acceptors (Lipinski definition) is 3. The molecule has 0 bridgehead atoms. The maximum Gasteiger partial charge on any atom is 0.265 e. The van der Waals surface area contributed by atoms with Crippen LogP contribution in [0.25, 0.3) is 0 Å². The summed E-state index contributed by atoms with van der Waals surface area (Å²) in [4.78, 5) is 24.8. The first-order valence-electron chi connectivity index (χ1n) is 9.99. The number of rotatable bonds is 7. The number of nitrogens with one attached hydrogen (secondary N) is 2. The van der Waals surface area contributed by atoms with Gasteiger partial charge in [0.1, 0.15) is 5.75 Å². The van der Waals surface area contributed by atoms with Crippen LogP contribution in [0.1, 0.15) is 35.3 Å². The summed E-state index contributed by atoms with van der Waals surface area (Å²) in [7, 11) is 0. The second kappa shape index (κ2) is 9.74. The molecule has 154 valence electrons. The Hall–Kier alpha value is -3.60. The number of benzene rings is 3. The third-order valence-electron chi connectivity index (χ3n) is 4.81. The van der Waals surface area contributed by atoms with Crippen molar-refractivity contribution in [2.45, 2.75) is 33.3 Å². The minimum absolute atomic E-state index is 0.166. The number of hydrogen-bond donors (Lipinski definition) is 2. The number of carbonyl (C=O) groups excluding carboxylic acids is 2. The zero-order valence-corrected chi connectivity index (χ0v) is 17.4. The molecule has 0 aromatic heterocycles. The number of carbonyl (C=O) groups is 2. The van der Waals surface area contributed by atoms with Crippen molar-refractivity contribution in [2.24, 2.45) is 0 Å². The Morgan fingerprint density at radius 2 is 1.47 bits per heavy atom. The van der Waals surface area contributed by atoms with E-state index in [0.29, 0.717) is 22.7 Å². The predicted octanol–water partition coefficient (Wildman–Crippen LogP) is 5.22. The zero-order valence-electron chi connectivity index (χ0n) is 17.4. The first-order valence-corrected chi connectivity index (χ1v) is 9.99. The van der Waals surface area contributed by atoms with E-state index in [-0.39, 0.29) is 11.8 Å². The lowest BCUT2D eigenvalue weighted by atomic mass is 10.1. The molecule has 3 aromatic carbocycles. The zero-order chi connectivity index (χ0) is 21.5. The second-order valence-corrected chi connectivity index (χ2v) is 7.09. The molecule has 0 aliphatic rings. The van der Waals surface area contributed by atoms with Crippen LogP contribution in [0.15, 0.2) is 72.8 Å². The molecule has 1 atom stereocenters. The van der Waals surface area contributed by atoms with Gasteiger partial charge in [-0.3, -0.25) is 9.59 Å². The molecule has 3 aromatic rings. The molecular weight excluding hydrogens is 376 g/mol. The normalized spacial score (nSPS) is 11.4. The smallest absolute Gasteiger partial charge is 0.265 e. The molecule has 0 aliphatic carbocycles. The Labute approximate surface area is 177 Å². The minimum Gasteiger partial charge on any atom is -0.481 e. The average Bonchev–Trinajstić information content (AvgIpc) is 2.75. The van der Waals surface area contributed by atoms with Crippen LogP contribution < -0.4 is 15.4 Å². The Morgan fingerprint density at radius 1 is 0.867 bits per heavy atom. The monoisotopic (exact) mass is 402 g/mol. The van der Waals surface area contributed by atoms with E-state index in [1.54, 1.807) is 37.3 Å². The van der Waals surface area contributed by atoms with E-state index < -0.39 is 6.10 Å². The van der Waals surface area contributed by atoms with Crippen LogP contribution in [0, 0.1) is 6.92 Å². The minimum atomic E-state index is -0.641. The molecule has 0 spiro atoms. The SMILES string of the molecule is CCc1ccc(OC(C)C(=O)Nc2ccc(NC(=O)c3ccccc3C)cc2)cc1. The van der Waals surface area contributed by atoms with Crippen LogP contribution in [0.4, 0.5) is 11.4 Å². The fraction of sp³-hybridized carbons (Fsp3) is 0.200. The lowest BCUT2D eigenvalue weighted by molar-refractivity contribution is -0.122. The molecule has 0 heterocycles. The van der Waals surface area contributed by atoms with E-state index in [1.807, 2.05) is 49.4 Å². The Bertz CT molecular complexity index is 1010. The first-order chi connectivity index (χ1) is 14.5. The molecule has 2 amide bonds. The van der Waals surface area contributed by atoms with Crippen molar-refractivity contribution in [2.75, 3.05) is 10.6 Å². The molecule has 5 nitrogen and oxygen atoms in total. The summed E-state index contributed by atoms with van der Waals surface area (Å²) >= 11 is 0. The third-order valence-corrected chi connectivity index (χ3v) is 4.81. The van der Waals surface area contributed by atoms with Crippen molar-refractivity contribution < 1.29 is 14.3 Å². The van der Waals surface area contributed by atoms with Gasteiger partial charge in [0.05, 0.1) is 0 Å². The van der Waals surface area contributed by atoms with Crippen LogP contribution in [0.5, 0.6) is 5.75 Å². The maximum absolute atomic E-state index is 12.4. The van der Waals surface area contributed by atoms with E-state index in [4.69, 9.17) is 4.74 Å². The number of ether oxygens (including phenoxy) is 1. The standard InChI is InChI=1S/C25H26N2O3/c1-4-19-9-15-22(16-10-19)30-18(3)24(28)26-20-11-13-21(14-12-20)27-25(29)23-8-6-5-7-17(23)2/h5-16,18H,4H2,1-3H3,(H,26,28)(H,27,29). The van der Waals surface area contributed by atoms with Gasteiger partial charge >= 0.3 is 0 Å². The number of amides is 2. The summed E-state index contributed by atoms with van der Waals surface area (Å²) in [6, 6.07) is 22.1. The van der Waals surface area contributed by atoms with Gasteiger partial charge in [0, 0.05) is 16.9 Å². The molecule has 3 rings (SSSR count). The van der Waals surface area contributed by atoms with E-state index in [9.17, 15) is 9.59 Å². The van der Waals surface area contributed by atoms with Crippen molar-refractivity contribution in [3.8, 4) is 5.75 Å². The summed E-state index contributed by atoms with van der Waals surface area (Å²) in [5.74, 6) is 0.247. The molecular formula is C25H26N2O3. The van der Waals surface area contributed by atoms with Gasteiger partial charge in [-0.15, -0.1) is 0 Å². The summed E-state index contributed by atoms with van der Waals surface area (Å²) in [6.07, 6.45) is 0.315. The van der Waals surface area contributed by atoms with Gasteiger partial charge in [-0.05, 0) is 73.9 Å². The summed E-state index contributed by atoms with van der Waals surface area (Å²) in [5, 5.41) is 5.70. The van der Waals surface area contributed by atoms with Crippen molar-refractivity contribution >= 4 is 23.2 Å². The quantitative estimate of drug-likeness (QED) is 0.570. The largest absolute Gasteiger partial charge is 0.481 e. The van der Waals surface area contributed by atoms with Crippen molar-refractivity contribution in [1.82, 2.24) is 0 Å². The lowest BCUT2D eigenvalue weighted by Gasteiger charge is -2.15. The van der Waals surface area contributed by atoms with Gasteiger partial charge in [0.2, 0.25) is 0 Å². The van der Waals surface area contributed by atoms with Crippen LogP contribution in [0.2, 0.25) is 0 Å². The highest BCUT2D eigenvalue weighted by molar-refractivity contribution is 6.05. The van der Waals surface area contributed by atoms with Crippen LogP contribution in [-0.2, 0) is 11.2 Å². The Balaban J connectivity index is 1.56. The van der Waals surface area contributed by atoms with Crippen molar-refractivity contribution in [3.63, 3.8) is 0 Å². The summed E-state index contributed by atoms with van der Waals surface area (Å²) in [6.45, 7) is 5.69. The average molecular weight is 402 g/mol. The summed E-state index contributed by atoms with van der Waals surface area (Å²) in [5.41, 5.74) is 4.05. The highest BCUT2D eigenvalue weighted by Crippen LogP contribution is 2.18. The van der Waals surface area contributed by atoms with Gasteiger partial charge in [0.25, 0.3) is 11.8 Å². The predicted molar refractivity (Wildman–Crippen MR) is 120 cm³/mol. The van der Waals surface area contributed by atoms with Crippen molar-refractivity contribution in [3.05, 3.63) is 89.5 Å². The van der Waals surface area contributed by atoms with Gasteiger partial charge in [-0.1, -0.05) is 37.3 Å². The molecule has 2 N–H and O–H groups in total. The van der Waals surface area contributed by atoms with Gasteiger partial charge in [-0.25, -0.2) is 0 Å². The fourth-order valence-electron chi connectivity index (χ4n) is 2.97. The molecule has 0 radical (unpaired) electrons. The number of anilines is 2. The van der Waals surface area contributed by atoms with Gasteiger partial charge in [0.15, 0.2) is 6.10 Å². The molecule has 1 unspecified atom stereocenters. The first kappa shape index (κ1) is 21.1. The highest BCUT2D eigenvalue weighted by atomic mass is 16.5. The van der Waals surface area contributed by atoms with E-state index in [0.717, 1.165) is 12.0 Å². The lowest BCUT2D eigenvalue weighted by Crippen LogP contribution is -2.30. The molecule has 0 fully saturated rings. The van der Waals surface area contributed by atoms with E-state index in [1.165, 1.54) is 5.56 Å². The molecule has 30 heavy (non-hydrogen) atoms. The highest BCUT2D eigenvalue weighted by Gasteiger charge is 2.15. The topological polar surface area (TPSA) is 67.4 Å². The fourth-order valence-corrected chi connectivity index (χ4v) is 2.97. The maximum atomic E-state index is 12.4. The van der Waals surface area contributed by atoms with E-state index >= 15 is 0 Å². The summed E-state index contributed by atoms with van der Waals surface area (Å²) < 4.78 is 5.72. The van der Waals surface area contributed by atoms with Crippen molar-refractivity contribution in [1.29, 1.82) is 0 Å². The van der Waals surface area contributed by atoms with Crippen LogP contribution >= 0.6 is 0 Å². The van der Waals surface area contributed by atoms with Gasteiger partial charge in [-0.2, -0.15) is 0 Å². The third kappa shape index (κ3) is 5.47.